The number of nitrogens with one attached hydrogen (secondary N) is 1. The molecule has 0 aromatic heterocycles. The van der Waals surface area contributed by atoms with E-state index in [9.17, 15) is 4.79 Å². The molecular weight excluding hydrogens is 178 g/mol. The van der Waals surface area contributed by atoms with E-state index in [1.165, 1.54) is 0 Å². The van der Waals surface area contributed by atoms with E-state index >= 15 is 0 Å². The number of allylic oxidation sites excluding steroid dienone is 1. The van der Waals surface area contributed by atoms with Gasteiger partial charge >= 0.3 is 0 Å². The van der Waals surface area contributed by atoms with Crippen molar-refractivity contribution in [3.63, 3.8) is 0 Å². The van der Waals surface area contributed by atoms with Gasteiger partial charge in [0.25, 0.3) is 0 Å². The molecular formula is C11H19NO2. The van der Waals surface area contributed by atoms with Crippen molar-refractivity contribution in [2.24, 2.45) is 0 Å². The van der Waals surface area contributed by atoms with E-state index in [4.69, 9.17) is 4.74 Å². The number of ether oxygens (including phenoxy) is 1. The molecule has 3 heteroatoms. The van der Waals surface area contributed by atoms with Crippen molar-refractivity contribution in [3.05, 3.63) is 11.6 Å². The number of hydrogen-bond donors (Lipinski definition) is 1. The number of rotatable bonds is 4. The Bertz CT molecular complexity index is 217. The Hall–Kier alpha value is -0.830. The van der Waals surface area contributed by atoms with Gasteiger partial charge in [-0.25, -0.2) is 0 Å². The highest BCUT2D eigenvalue weighted by Gasteiger charge is 2.16. The molecule has 80 valence electrons. The predicted octanol–water partition coefficient (Wildman–Crippen LogP) is 1.64. The molecule has 1 atom stereocenters. The molecule has 0 unspecified atom stereocenters. The lowest BCUT2D eigenvalue weighted by Crippen LogP contribution is -2.32. The number of amides is 1. The van der Waals surface area contributed by atoms with Crippen LogP contribution in [0.5, 0.6) is 0 Å². The summed E-state index contributed by atoms with van der Waals surface area (Å²) in [6.07, 6.45) is 5.25. The Morgan fingerprint density at radius 2 is 2.43 bits per heavy atom. The van der Waals surface area contributed by atoms with Crippen LogP contribution in [0.1, 0.15) is 33.1 Å². The standard InChI is InChI=1S/C11H19NO2/c1-3-5-9(2)11(13)12-8-10-6-4-7-14-10/h5,10H,3-4,6-8H2,1-2H3,(H,12,13)/b9-5-/t10-/m0/s1. The fourth-order valence-electron chi connectivity index (χ4n) is 1.55. The Labute approximate surface area is 85.5 Å². The summed E-state index contributed by atoms with van der Waals surface area (Å²) in [6.45, 7) is 5.35. The first-order valence-corrected chi connectivity index (χ1v) is 5.30. The maximum absolute atomic E-state index is 11.5. The Balaban J connectivity index is 2.23. The summed E-state index contributed by atoms with van der Waals surface area (Å²) in [6, 6.07) is 0. The van der Waals surface area contributed by atoms with Gasteiger partial charge in [-0.1, -0.05) is 13.0 Å². The zero-order valence-electron chi connectivity index (χ0n) is 9.01. The second kappa shape index (κ2) is 5.81. The van der Waals surface area contributed by atoms with Gasteiger partial charge < -0.3 is 10.1 Å². The summed E-state index contributed by atoms with van der Waals surface area (Å²) in [7, 11) is 0. The van der Waals surface area contributed by atoms with Gasteiger partial charge in [0.1, 0.15) is 0 Å². The summed E-state index contributed by atoms with van der Waals surface area (Å²) in [4.78, 5) is 11.5. The minimum atomic E-state index is 0.0300. The molecule has 1 aliphatic heterocycles. The lowest BCUT2D eigenvalue weighted by molar-refractivity contribution is -0.117. The summed E-state index contributed by atoms with van der Waals surface area (Å²) >= 11 is 0. The van der Waals surface area contributed by atoms with Crippen LogP contribution < -0.4 is 5.32 Å². The first kappa shape index (κ1) is 11.2. The minimum absolute atomic E-state index is 0.0300. The molecule has 0 spiro atoms. The average molecular weight is 197 g/mol. The molecule has 1 aliphatic rings. The highest BCUT2D eigenvalue weighted by molar-refractivity contribution is 5.92. The fraction of sp³-hybridized carbons (Fsp3) is 0.727. The third-order valence-electron chi connectivity index (χ3n) is 2.38. The van der Waals surface area contributed by atoms with Crippen molar-refractivity contribution in [3.8, 4) is 0 Å². The molecule has 1 rings (SSSR count). The number of carbonyl (C=O) groups excluding carboxylic acids is 1. The third-order valence-corrected chi connectivity index (χ3v) is 2.38. The van der Waals surface area contributed by atoms with Gasteiger partial charge in [-0.15, -0.1) is 0 Å². The van der Waals surface area contributed by atoms with Gasteiger partial charge in [-0.2, -0.15) is 0 Å². The zero-order chi connectivity index (χ0) is 10.4. The van der Waals surface area contributed by atoms with Crippen molar-refractivity contribution in [2.75, 3.05) is 13.2 Å². The van der Waals surface area contributed by atoms with Crippen LogP contribution in [0.25, 0.3) is 0 Å². The summed E-state index contributed by atoms with van der Waals surface area (Å²) in [5.41, 5.74) is 0.797. The number of hydrogen-bond acceptors (Lipinski definition) is 2. The molecule has 1 N–H and O–H groups in total. The maximum atomic E-state index is 11.5. The van der Waals surface area contributed by atoms with Crippen LogP contribution in [-0.2, 0) is 9.53 Å². The summed E-state index contributed by atoms with van der Waals surface area (Å²) in [5.74, 6) is 0.0300. The molecule has 0 aliphatic carbocycles. The molecule has 14 heavy (non-hydrogen) atoms. The van der Waals surface area contributed by atoms with E-state index in [2.05, 4.69) is 5.32 Å². The Morgan fingerprint density at radius 1 is 1.64 bits per heavy atom. The van der Waals surface area contributed by atoms with E-state index in [1.54, 1.807) is 0 Å². The molecule has 0 aromatic rings. The highest BCUT2D eigenvalue weighted by Crippen LogP contribution is 2.10. The van der Waals surface area contributed by atoms with Crippen LogP contribution in [0.2, 0.25) is 0 Å². The van der Waals surface area contributed by atoms with Crippen LogP contribution in [0.15, 0.2) is 11.6 Å². The van der Waals surface area contributed by atoms with Crippen molar-refractivity contribution in [1.29, 1.82) is 0 Å². The van der Waals surface area contributed by atoms with Crippen molar-refractivity contribution in [2.45, 2.75) is 39.2 Å². The molecule has 3 nitrogen and oxygen atoms in total. The van der Waals surface area contributed by atoms with Crippen LogP contribution in [-0.4, -0.2) is 25.2 Å². The molecule has 1 saturated heterocycles. The lowest BCUT2D eigenvalue weighted by atomic mass is 10.2. The SMILES string of the molecule is CC/C=C(/C)C(=O)NC[C@@H]1CCCO1. The molecule has 0 saturated carbocycles. The van der Waals surface area contributed by atoms with Crippen LogP contribution in [0.4, 0.5) is 0 Å². The van der Waals surface area contributed by atoms with E-state index in [0.29, 0.717) is 6.54 Å². The second-order valence-electron chi connectivity index (χ2n) is 3.64. The normalized spacial score (nSPS) is 22.4. The zero-order valence-corrected chi connectivity index (χ0v) is 9.01. The second-order valence-corrected chi connectivity index (χ2v) is 3.64. The topological polar surface area (TPSA) is 38.3 Å². The molecule has 0 aromatic carbocycles. The summed E-state index contributed by atoms with van der Waals surface area (Å²) < 4.78 is 5.41. The third kappa shape index (κ3) is 3.50. The molecule has 0 radical (unpaired) electrons. The van der Waals surface area contributed by atoms with Gasteiger partial charge in [-0.05, 0) is 26.2 Å². The predicted molar refractivity (Wildman–Crippen MR) is 56.0 cm³/mol. The molecule has 0 bridgehead atoms. The Kier molecular flexibility index (Phi) is 4.66. The number of carbonyl (C=O) groups is 1. The summed E-state index contributed by atoms with van der Waals surface area (Å²) in [5, 5.41) is 2.88. The minimum Gasteiger partial charge on any atom is -0.376 e. The van der Waals surface area contributed by atoms with Crippen LogP contribution in [0.3, 0.4) is 0 Å². The van der Waals surface area contributed by atoms with Gasteiger partial charge in [0, 0.05) is 18.7 Å². The van der Waals surface area contributed by atoms with Gasteiger partial charge in [-0.3, -0.25) is 4.79 Å². The van der Waals surface area contributed by atoms with Gasteiger partial charge in [0.2, 0.25) is 5.91 Å². The van der Waals surface area contributed by atoms with Crippen LogP contribution >= 0.6 is 0 Å². The first-order valence-electron chi connectivity index (χ1n) is 5.30. The highest BCUT2D eigenvalue weighted by atomic mass is 16.5. The van der Waals surface area contributed by atoms with Crippen LogP contribution in [0, 0.1) is 0 Å². The lowest BCUT2D eigenvalue weighted by Gasteiger charge is -2.10. The first-order chi connectivity index (χ1) is 6.74. The largest absolute Gasteiger partial charge is 0.376 e. The van der Waals surface area contributed by atoms with Gasteiger partial charge in [0.05, 0.1) is 6.10 Å². The molecule has 1 amide bonds. The Morgan fingerprint density at radius 3 is 3.00 bits per heavy atom. The van der Waals surface area contributed by atoms with Gasteiger partial charge in [0.15, 0.2) is 0 Å². The quantitative estimate of drug-likeness (QED) is 0.696. The average Bonchev–Trinajstić information content (AvgIpc) is 2.67. The van der Waals surface area contributed by atoms with E-state index in [-0.39, 0.29) is 12.0 Å². The van der Waals surface area contributed by atoms with Crippen molar-refractivity contribution < 1.29 is 9.53 Å². The molecule has 1 fully saturated rings. The van der Waals surface area contributed by atoms with E-state index in [1.807, 2.05) is 19.9 Å². The van der Waals surface area contributed by atoms with Crippen molar-refractivity contribution in [1.82, 2.24) is 5.32 Å². The van der Waals surface area contributed by atoms with Crippen molar-refractivity contribution >= 4 is 5.91 Å². The van der Waals surface area contributed by atoms with E-state index in [0.717, 1.165) is 31.4 Å². The maximum Gasteiger partial charge on any atom is 0.246 e. The molecule has 1 heterocycles. The van der Waals surface area contributed by atoms with E-state index < -0.39 is 0 Å². The smallest absolute Gasteiger partial charge is 0.246 e. The monoisotopic (exact) mass is 197 g/mol. The fourth-order valence-corrected chi connectivity index (χ4v) is 1.55.